The summed E-state index contributed by atoms with van der Waals surface area (Å²) in [6.45, 7) is 8.85. The highest BCUT2D eigenvalue weighted by molar-refractivity contribution is 5.85. The molecule has 0 fully saturated rings. The van der Waals surface area contributed by atoms with Crippen LogP contribution in [0.5, 0.6) is 0 Å². The van der Waals surface area contributed by atoms with Gasteiger partial charge in [-0.25, -0.2) is 4.99 Å². The predicted molar refractivity (Wildman–Crippen MR) is 106 cm³/mol. The smallest absolute Gasteiger partial charge is 0.243 e. The number of benzene rings is 1. The van der Waals surface area contributed by atoms with Crippen LogP contribution in [-0.4, -0.2) is 43.4 Å². The molecular weight excluding hydrogens is 312 g/mol. The van der Waals surface area contributed by atoms with Gasteiger partial charge in [-0.05, 0) is 38.2 Å². The van der Waals surface area contributed by atoms with Gasteiger partial charge >= 0.3 is 0 Å². The van der Waals surface area contributed by atoms with E-state index in [9.17, 15) is 4.79 Å². The molecule has 140 valence electrons. The topological polar surface area (TPSA) is 56.7 Å². The molecule has 0 heterocycles. The summed E-state index contributed by atoms with van der Waals surface area (Å²) >= 11 is 0. The van der Waals surface area contributed by atoms with Crippen LogP contribution in [0, 0.1) is 5.92 Å². The number of carbonyl (C=O) groups excluding carboxylic acids is 1. The van der Waals surface area contributed by atoms with Crippen LogP contribution >= 0.6 is 0 Å². The van der Waals surface area contributed by atoms with Gasteiger partial charge in [0.15, 0.2) is 5.96 Å². The minimum Gasteiger partial charge on any atom is -0.354 e. The number of guanidine groups is 1. The first-order chi connectivity index (χ1) is 11.8. The second-order valence-corrected chi connectivity index (χ2v) is 7.25. The summed E-state index contributed by atoms with van der Waals surface area (Å²) in [5, 5.41) is 6.85. The Morgan fingerprint density at radius 2 is 1.68 bits per heavy atom. The van der Waals surface area contributed by atoms with E-state index >= 15 is 0 Å². The van der Waals surface area contributed by atoms with Gasteiger partial charge in [0.25, 0.3) is 0 Å². The summed E-state index contributed by atoms with van der Waals surface area (Å²) in [6.07, 6.45) is 2.23. The van der Waals surface area contributed by atoms with E-state index in [0.717, 1.165) is 12.8 Å². The maximum Gasteiger partial charge on any atom is 0.243 e. The van der Waals surface area contributed by atoms with Crippen LogP contribution in [0.2, 0.25) is 0 Å². The van der Waals surface area contributed by atoms with Crippen molar-refractivity contribution in [3.63, 3.8) is 0 Å². The van der Waals surface area contributed by atoms with Gasteiger partial charge in [0.05, 0.1) is 6.04 Å². The van der Waals surface area contributed by atoms with Gasteiger partial charge in [-0.15, -0.1) is 0 Å². The molecule has 2 unspecified atom stereocenters. The van der Waals surface area contributed by atoms with Crippen LogP contribution in [0.15, 0.2) is 35.3 Å². The molecule has 25 heavy (non-hydrogen) atoms. The first-order valence-corrected chi connectivity index (χ1v) is 9.12. The third-order valence-corrected chi connectivity index (χ3v) is 4.08. The van der Waals surface area contributed by atoms with E-state index < -0.39 is 0 Å². The fraction of sp³-hybridized carbons (Fsp3) is 0.600. The lowest BCUT2D eigenvalue weighted by atomic mass is 10.0. The molecule has 5 heteroatoms. The molecule has 1 amide bonds. The second-order valence-electron chi connectivity index (χ2n) is 7.25. The molecule has 1 aromatic carbocycles. The molecule has 0 aromatic heterocycles. The Hall–Kier alpha value is -2.04. The van der Waals surface area contributed by atoms with Crippen molar-refractivity contribution in [2.24, 2.45) is 10.9 Å². The molecule has 0 bridgehead atoms. The molecule has 5 nitrogen and oxygen atoms in total. The van der Waals surface area contributed by atoms with Gasteiger partial charge < -0.3 is 15.5 Å². The molecule has 0 spiro atoms. The van der Waals surface area contributed by atoms with Crippen LogP contribution in [0.25, 0.3) is 0 Å². The van der Waals surface area contributed by atoms with Crippen molar-refractivity contribution in [1.29, 1.82) is 0 Å². The first-order valence-electron chi connectivity index (χ1n) is 9.12. The number of hydrogen-bond donors (Lipinski definition) is 2. The van der Waals surface area contributed by atoms with Gasteiger partial charge in [-0.3, -0.25) is 4.79 Å². The maximum absolute atomic E-state index is 11.9. The predicted octanol–water partition coefficient (Wildman–Crippen LogP) is 3.20. The van der Waals surface area contributed by atoms with Crippen molar-refractivity contribution >= 4 is 11.9 Å². The molecule has 0 radical (unpaired) electrons. The van der Waals surface area contributed by atoms with E-state index in [2.05, 4.69) is 55.5 Å². The van der Waals surface area contributed by atoms with E-state index in [1.54, 1.807) is 19.0 Å². The summed E-state index contributed by atoms with van der Waals surface area (Å²) in [5.74, 6) is 1.35. The fourth-order valence-electron chi connectivity index (χ4n) is 2.34. The monoisotopic (exact) mass is 346 g/mol. The Labute approximate surface area is 152 Å². The van der Waals surface area contributed by atoms with Crippen molar-refractivity contribution < 1.29 is 4.79 Å². The lowest BCUT2D eigenvalue weighted by molar-refractivity contribution is -0.127. The van der Waals surface area contributed by atoms with Crippen LogP contribution in [0.1, 0.15) is 52.1 Å². The number of aliphatic imine (C=N–C) groups is 1. The Morgan fingerprint density at radius 3 is 2.24 bits per heavy atom. The number of likely N-dealkylation sites (N-methyl/N-ethyl adjacent to an activating group) is 1. The van der Waals surface area contributed by atoms with E-state index in [0.29, 0.717) is 17.9 Å². The van der Waals surface area contributed by atoms with Crippen molar-refractivity contribution in [3.05, 3.63) is 35.9 Å². The zero-order valence-electron chi connectivity index (χ0n) is 16.5. The average Bonchev–Trinajstić information content (AvgIpc) is 2.58. The largest absolute Gasteiger partial charge is 0.354 e. The van der Waals surface area contributed by atoms with E-state index in [1.807, 2.05) is 18.2 Å². The van der Waals surface area contributed by atoms with Crippen LogP contribution in [0.3, 0.4) is 0 Å². The molecule has 0 saturated heterocycles. The number of nitrogens with zero attached hydrogens (tertiary/aromatic N) is 2. The Balaban J connectivity index is 2.76. The average molecular weight is 347 g/mol. The Morgan fingerprint density at radius 1 is 1.04 bits per heavy atom. The normalized spacial score (nSPS) is 14.1. The number of nitrogens with one attached hydrogen (secondary N) is 2. The highest BCUT2D eigenvalue weighted by Gasteiger charge is 2.12. The van der Waals surface area contributed by atoms with Gasteiger partial charge in [-0.2, -0.15) is 0 Å². The number of rotatable bonds is 8. The maximum atomic E-state index is 11.9. The molecule has 0 saturated carbocycles. The third-order valence-electron chi connectivity index (χ3n) is 4.08. The Bertz CT molecular complexity index is 540. The van der Waals surface area contributed by atoms with Gasteiger partial charge in [0.2, 0.25) is 5.91 Å². The molecule has 0 aliphatic heterocycles. The summed E-state index contributed by atoms with van der Waals surface area (Å²) in [5.41, 5.74) is 1.19. The summed E-state index contributed by atoms with van der Waals surface area (Å²) in [6, 6.07) is 10.6. The minimum absolute atomic E-state index is 0.0108. The van der Waals surface area contributed by atoms with Gasteiger partial charge in [-0.1, -0.05) is 44.2 Å². The standard InChI is InChI=1S/C20H34N4O/c1-15(2)12-13-16(3)22-20(21-14-19(25)24(5)6)23-17(4)18-10-8-7-9-11-18/h7-11,15-17H,12-14H2,1-6H3,(H2,21,22,23). The zero-order valence-corrected chi connectivity index (χ0v) is 16.5. The second kappa shape index (κ2) is 10.7. The van der Waals surface area contributed by atoms with Crippen LogP contribution in [-0.2, 0) is 4.79 Å². The first kappa shape index (κ1) is 21.0. The quantitative estimate of drug-likeness (QED) is 0.561. The molecular formula is C20H34N4O. The van der Waals surface area contributed by atoms with Crippen molar-refractivity contribution in [2.75, 3.05) is 20.6 Å². The zero-order chi connectivity index (χ0) is 18.8. The SMILES string of the molecule is CC(C)CCC(C)NC(=NCC(=O)N(C)C)NC(C)c1ccccc1. The van der Waals surface area contributed by atoms with Crippen molar-refractivity contribution in [3.8, 4) is 0 Å². The Kier molecular flexibility index (Phi) is 9.03. The van der Waals surface area contributed by atoms with Crippen molar-refractivity contribution in [2.45, 2.75) is 52.6 Å². The highest BCUT2D eigenvalue weighted by atomic mass is 16.2. The fourth-order valence-corrected chi connectivity index (χ4v) is 2.34. The number of carbonyl (C=O) groups is 1. The number of amides is 1. The van der Waals surface area contributed by atoms with Gasteiger partial charge in [0, 0.05) is 20.1 Å². The molecule has 1 rings (SSSR count). The summed E-state index contributed by atoms with van der Waals surface area (Å²) in [7, 11) is 3.49. The molecule has 2 atom stereocenters. The summed E-state index contributed by atoms with van der Waals surface area (Å²) in [4.78, 5) is 17.9. The van der Waals surface area contributed by atoms with Crippen LogP contribution < -0.4 is 10.6 Å². The third kappa shape index (κ3) is 8.57. The molecule has 1 aromatic rings. The van der Waals surface area contributed by atoms with E-state index in [-0.39, 0.29) is 18.5 Å². The lowest BCUT2D eigenvalue weighted by Crippen LogP contribution is -2.44. The van der Waals surface area contributed by atoms with Crippen LogP contribution in [0.4, 0.5) is 0 Å². The van der Waals surface area contributed by atoms with E-state index in [1.165, 1.54) is 5.56 Å². The lowest BCUT2D eigenvalue weighted by Gasteiger charge is -2.23. The molecule has 0 aliphatic rings. The number of hydrogen-bond acceptors (Lipinski definition) is 2. The molecule has 0 aliphatic carbocycles. The van der Waals surface area contributed by atoms with E-state index in [4.69, 9.17) is 0 Å². The van der Waals surface area contributed by atoms with Gasteiger partial charge in [0.1, 0.15) is 6.54 Å². The highest BCUT2D eigenvalue weighted by Crippen LogP contribution is 2.11. The minimum atomic E-state index is -0.0108. The van der Waals surface area contributed by atoms with Crippen molar-refractivity contribution in [1.82, 2.24) is 15.5 Å². The summed E-state index contributed by atoms with van der Waals surface area (Å²) < 4.78 is 0. The molecule has 2 N–H and O–H groups in total.